The lowest BCUT2D eigenvalue weighted by molar-refractivity contribution is 0.474. The SMILES string of the molecule is CC1CC(NC(C)c2ccc(Cl)c(Cl)c2)CS1. The highest BCUT2D eigenvalue weighted by molar-refractivity contribution is 8.00. The molecule has 3 unspecified atom stereocenters. The van der Waals surface area contributed by atoms with Gasteiger partial charge in [0.05, 0.1) is 10.0 Å². The number of rotatable bonds is 3. The van der Waals surface area contributed by atoms with Crippen LogP contribution in [0.4, 0.5) is 0 Å². The van der Waals surface area contributed by atoms with Gasteiger partial charge in [0.15, 0.2) is 0 Å². The van der Waals surface area contributed by atoms with E-state index in [2.05, 4.69) is 19.2 Å². The summed E-state index contributed by atoms with van der Waals surface area (Å²) in [5.74, 6) is 1.20. The van der Waals surface area contributed by atoms with Crippen LogP contribution < -0.4 is 5.32 Å². The molecule has 1 aromatic carbocycles. The van der Waals surface area contributed by atoms with Crippen LogP contribution in [0.3, 0.4) is 0 Å². The zero-order chi connectivity index (χ0) is 12.4. The van der Waals surface area contributed by atoms with Crippen molar-refractivity contribution in [2.45, 2.75) is 37.6 Å². The van der Waals surface area contributed by atoms with Gasteiger partial charge in [0, 0.05) is 23.1 Å². The average Bonchev–Trinajstić information content (AvgIpc) is 2.68. The van der Waals surface area contributed by atoms with Crippen molar-refractivity contribution in [3.8, 4) is 0 Å². The molecule has 0 spiro atoms. The van der Waals surface area contributed by atoms with Crippen molar-refractivity contribution in [2.75, 3.05) is 5.75 Å². The van der Waals surface area contributed by atoms with Crippen LogP contribution in [0, 0.1) is 0 Å². The highest BCUT2D eigenvalue weighted by atomic mass is 35.5. The third-order valence-corrected chi connectivity index (χ3v) is 5.22. The molecule has 0 amide bonds. The Balaban J connectivity index is 1.99. The Morgan fingerprint density at radius 2 is 2.12 bits per heavy atom. The molecular formula is C13H17Cl2NS. The molecular weight excluding hydrogens is 273 g/mol. The fourth-order valence-corrected chi connectivity index (χ4v) is 3.63. The molecule has 1 N–H and O–H groups in total. The molecule has 17 heavy (non-hydrogen) atoms. The first kappa shape index (κ1) is 13.5. The van der Waals surface area contributed by atoms with Crippen LogP contribution in [0.2, 0.25) is 10.0 Å². The van der Waals surface area contributed by atoms with Crippen LogP contribution in [0.15, 0.2) is 18.2 Å². The van der Waals surface area contributed by atoms with Gasteiger partial charge in [-0.15, -0.1) is 0 Å². The fraction of sp³-hybridized carbons (Fsp3) is 0.538. The summed E-state index contributed by atoms with van der Waals surface area (Å²) in [6, 6.07) is 6.79. The molecule has 0 radical (unpaired) electrons. The van der Waals surface area contributed by atoms with E-state index in [4.69, 9.17) is 23.2 Å². The monoisotopic (exact) mass is 289 g/mol. The molecule has 0 saturated carbocycles. The normalized spacial score (nSPS) is 26.1. The molecule has 1 saturated heterocycles. The lowest BCUT2D eigenvalue weighted by atomic mass is 10.1. The summed E-state index contributed by atoms with van der Waals surface area (Å²) >= 11 is 14.0. The Morgan fingerprint density at radius 1 is 1.35 bits per heavy atom. The maximum Gasteiger partial charge on any atom is 0.0595 e. The molecule has 1 heterocycles. The number of hydrogen-bond acceptors (Lipinski definition) is 2. The van der Waals surface area contributed by atoms with Gasteiger partial charge in [-0.2, -0.15) is 11.8 Å². The van der Waals surface area contributed by atoms with Crippen molar-refractivity contribution < 1.29 is 0 Å². The van der Waals surface area contributed by atoms with Gasteiger partial charge in [0.25, 0.3) is 0 Å². The molecule has 2 rings (SSSR count). The van der Waals surface area contributed by atoms with Crippen molar-refractivity contribution >= 4 is 35.0 Å². The maximum absolute atomic E-state index is 6.03. The molecule has 94 valence electrons. The topological polar surface area (TPSA) is 12.0 Å². The van der Waals surface area contributed by atoms with E-state index >= 15 is 0 Å². The third kappa shape index (κ3) is 3.54. The van der Waals surface area contributed by atoms with Crippen LogP contribution in [0.1, 0.15) is 31.9 Å². The summed E-state index contributed by atoms with van der Waals surface area (Å²) in [7, 11) is 0. The molecule has 0 aliphatic carbocycles. The van der Waals surface area contributed by atoms with E-state index in [0.29, 0.717) is 22.1 Å². The Hall–Kier alpha value is 0.110. The van der Waals surface area contributed by atoms with Gasteiger partial charge in [0.1, 0.15) is 0 Å². The summed E-state index contributed by atoms with van der Waals surface area (Å²) in [6.45, 7) is 4.46. The second-order valence-corrected chi connectivity index (χ2v) is 6.92. The Labute approximate surface area is 117 Å². The van der Waals surface area contributed by atoms with E-state index in [9.17, 15) is 0 Å². The van der Waals surface area contributed by atoms with E-state index in [-0.39, 0.29) is 0 Å². The largest absolute Gasteiger partial charge is 0.307 e. The second kappa shape index (κ2) is 5.83. The molecule has 0 bridgehead atoms. The summed E-state index contributed by atoms with van der Waals surface area (Å²) in [6.07, 6.45) is 1.25. The van der Waals surface area contributed by atoms with Crippen LogP contribution in [-0.4, -0.2) is 17.0 Å². The van der Waals surface area contributed by atoms with Gasteiger partial charge < -0.3 is 5.32 Å². The first-order valence-electron chi connectivity index (χ1n) is 5.89. The number of hydrogen-bond donors (Lipinski definition) is 1. The number of nitrogens with one attached hydrogen (secondary N) is 1. The summed E-state index contributed by atoms with van der Waals surface area (Å²) in [5, 5.41) is 5.67. The summed E-state index contributed by atoms with van der Waals surface area (Å²) in [4.78, 5) is 0. The molecule has 1 aromatic rings. The molecule has 1 aliphatic rings. The first-order chi connectivity index (χ1) is 8.06. The van der Waals surface area contributed by atoms with Gasteiger partial charge in [0.2, 0.25) is 0 Å². The predicted molar refractivity (Wildman–Crippen MR) is 78.3 cm³/mol. The zero-order valence-electron chi connectivity index (χ0n) is 10.0. The van der Waals surface area contributed by atoms with E-state index < -0.39 is 0 Å². The minimum absolute atomic E-state index is 0.320. The van der Waals surface area contributed by atoms with Crippen molar-refractivity contribution in [1.29, 1.82) is 0 Å². The van der Waals surface area contributed by atoms with E-state index in [1.54, 1.807) is 0 Å². The first-order valence-corrected chi connectivity index (χ1v) is 7.69. The minimum Gasteiger partial charge on any atom is -0.307 e. The highest BCUT2D eigenvalue weighted by Gasteiger charge is 2.23. The van der Waals surface area contributed by atoms with E-state index in [1.165, 1.54) is 17.7 Å². The van der Waals surface area contributed by atoms with Gasteiger partial charge in [-0.1, -0.05) is 36.2 Å². The molecule has 4 heteroatoms. The van der Waals surface area contributed by atoms with Gasteiger partial charge in [-0.25, -0.2) is 0 Å². The lowest BCUT2D eigenvalue weighted by Crippen LogP contribution is -2.31. The van der Waals surface area contributed by atoms with Gasteiger partial charge in [-0.05, 0) is 31.0 Å². The smallest absolute Gasteiger partial charge is 0.0595 e. The average molecular weight is 290 g/mol. The minimum atomic E-state index is 0.320. The van der Waals surface area contributed by atoms with Crippen LogP contribution in [-0.2, 0) is 0 Å². The summed E-state index contributed by atoms with van der Waals surface area (Å²) in [5.41, 5.74) is 1.20. The van der Waals surface area contributed by atoms with E-state index in [0.717, 1.165) is 5.25 Å². The van der Waals surface area contributed by atoms with Crippen LogP contribution >= 0.6 is 35.0 Å². The molecule has 1 aliphatic heterocycles. The predicted octanol–water partition coefficient (Wildman–Crippen LogP) is 4.54. The highest BCUT2D eigenvalue weighted by Crippen LogP contribution is 2.29. The van der Waals surface area contributed by atoms with Crippen molar-refractivity contribution in [1.82, 2.24) is 5.32 Å². The lowest BCUT2D eigenvalue weighted by Gasteiger charge is -2.19. The number of benzene rings is 1. The Morgan fingerprint density at radius 3 is 2.71 bits per heavy atom. The molecule has 1 fully saturated rings. The fourth-order valence-electron chi connectivity index (χ4n) is 2.16. The molecule has 3 atom stereocenters. The van der Waals surface area contributed by atoms with Crippen LogP contribution in [0.5, 0.6) is 0 Å². The zero-order valence-corrected chi connectivity index (χ0v) is 12.4. The second-order valence-electron chi connectivity index (χ2n) is 4.64. The summed E-state index contributed by atoms with van der Waals surface area (Å²) < 4.78 is 0. The molecule has 1 nitrogen and oxygen atoms in total. The third-order valence-electron chi connectivity index (χ3n) is 3.13. The standard InChI is InChI=1S/C13H17Cl2NS/c1-8-5-11(7-17-8)16-9(2)10-3-4-12(14)13(15)6-10/h3-4,6,8-9,11,16H,5,7H2,1-2H3. The van der Waals surface area contributed by atoms with Gasteiger partial charge in [-0.3, -0.25) is 0 Å². The van der Waals surface area contributed by atoms with E-state index in [1.807, 2.05) is 30.0 Å². The van der Waals surface area contributed by atoms with Gasteiger partial charge >= 0.3 is 0 Å². The Kier molecular flexibility index (Phi) is 4.65. The van der Waals surface area contributed by atoms with Crippen LogP contribution in [0.25, 0.3) is 0 Å². The number of halogens is 2. The number of thioether (sulfide) groups is 1. The Bertz CT molecular complexity index is 397. The maximum atomic E-state index is 6.03. The van der Waals surface area contributed by atoms with Crippen molar-refractivity contribution in [2.24, 2.45) is 0 Å². The van der Waals surface area contributed by atoms with Crippen molar-refractivity contribution in [3.05, 3.63) is 33.8 Å². The van der Waals surface area contributed by atoms with Crippen molar-refractivity contribution in [3.63, 3.8) is 0 Å². The molecule has 0 aromatic heterocycles. The quantitative estimate of drug-likeness (QED) is 0.877.